The molecule has 11 heteroatoms. The average Bonchev–Trinajstić information content (AvgIpc) is 3.17. The van der Waals surface area contributed by atoms with E-state index in [2.05, 4.69) is 10.4 Å². The molecule has 3 aromatic carbocycles. The van der Waals surface area contributed by atoms with Crippen molar-refractivity contribution in [2.24, 2.45) is 5.14 Å². The molecule has 0 bridgehead atoms. The van der Waals surface area contributed by atoms with Crippen LogP contribution in [0.5, 0.6) is 0 Å². The molecule has 0 aliphatic carbocycles. The zero-order valence-electron chi connectivity index (χ0n) is 17.7. The number of carbonyl (C=O) groups excluding carboxylic acids is 1. The van der Waals surface area contributed by atoms with Crippen LogP contribution in [0.1, 0.15) is 16.7 Å². The van der Waals surface area contributed by atoms with Crippen LogP contribution in [0.25, 0.3) is 10.9 Å². The maximum absolute atomic E-state index is 14.3. The molecule has 176 valence electrons. The van der Waals surface area contributed by atoms with Gasteiger partial charge >= 0.3 is 0 Å². The number of benzene rings is 3. The number of primary sulfonamides is 1. The third kappa shape index (κ3) is 5.26. The number of sulfonamides is 1. The lowest BCUT2D eigenvalue weighted by Gasteiger charge is -2.08. The molecule has 1 amide bonds. The minimum absolute atomic E-state index is 0.0139. The molecule has 0 unspecified atom stereocenters. The van der Waals surface area contributed by atoms with Crippen molar-refractivity contribution >= 4 is 44.1 Å². The van der Waals surface area contributed by atoms with Crippen molar-refractivity contribution in [2.45, 2.75) is 24.5 Å². The molecule has 0 saturated carbocycles. The van der Waals surface area contributed by atoms with Crippen LogP contribution in [0.4, 0.5) is 10.1 Å². The van der Waals surface area contributed by atoms with Crippen molar-refractivity contribution < 1.29 is 22.7 Å². The first kappa shape index (κ1) is 23.8. The van der Waals surface area contributed by atoms with Crippen molar-refractivity contribution in [3.8, 4) is 0 Å². The number of aromatic nitrogens is 2. The van der Waals surface area contributed by atoms with Crippen LogP contribution in [0.3, 0.4) is 0 Å². The fourth-order valence-electron chi connectivity index (χ4n) is 3.54. The van der Waals surface area contributed by atoms with Gasteiger partial charge in [0.05, 0.1) is 30.0 Å². The fourth-order valence-corrected chi connectivity index (χ4v) is 4.50. The number of anilines is 1. The maximum atomic E-state index is 14.3. The second-order valence-electron chi connectivity index (χ2n) is 7.68. The largest absolute Gasteiger partial charge is 0.392 e. The van der Waals surface area contributed by atoms with Crippen molar-refractivity contribution in [3.05, 3.63) is 88.3 Å². The number of aliphatic hydroxyl groups is 1. The second-order valence-corrected chi connectivity index (χ2v) is 9.62. The van der Waals surface area contributed by atoms with Gasteiger partial charge in [0.2, 0.25) is 15.9 Å². The highest BCUT2D eigenvalue weighted by Crippen LogP contribution is 2.27. The van der Waals surface area contributed by atoms with Gasteiger partial charge in [-0.25, -0.2) is 17.9 Å². The first-order chi connectivity index (χ1) is 16.1. The van der Waals surface area contributed by atoms with Gasteiger partial charge in [0.1, 0.15) is 5.82 Å². The molecule has 34 heavy (non-hydrogen) atoms. The van der Waals surface area contributed by atoms with Crippen molar-refractivity contribution in [1.82, 2.24) is 9.78 Å². The summed E-state index contributed by atoms with van der Waals surface area (Å²) in [6.45, 7) is -0.268. The molecular weight excluding hydrogens is 483 g/mol. The molecule has 0 aliphatic heterocycles. The third-order valence-corrected chi connectivity index (χ3v) is 6.49. The Morgan fingerprint density at radius 3 is 2.59 bits per heavy atom. The van der Waals surface area contributed by atoms with Crippen molar-refractivity contribution in [2.75, 3.05) is 5.32 Å². The summed E-state index contributed by atoms with van der Waals surface area (Å²) < 4.78 is 40.2. The third-order valence-electron chi connectivity index (χ3n) is 5.17. The average molecular weight is 503 g/mol. The maximum Gasteiger partial charge on any atom is 0.238 e. The lowest BCUT2D eigenvalue weighted by atomic mass is 10.1. The highest BCUT2D eigenvalue weighted by Gasteiger charge is 2.19. The quantitative estimate of drug-likeness (QED) is 0.357. The highest BCUT2D eigenvalue weighted by molar-refractivity contribution is 7.89. The predicted octanol–water partition coefficient (Wildman–Crippen LogP) is 3.20. The number of aliphatic hydroxyl groups excluding tert-OH is 1. The van der Waals surface area contributed by atoms with E-state index in [9.17, 15) is 17.6 Å². The van der Waals surface area contributed by atoms with Gasteiger partial charge < -0.3 is 10.4 Å². The molecular formula is C23H20ClFN4O4S. The molecule has 1 aromatic heterocycles. The monoisotopic (exact) mass is 502 g/mol. The van der Waals surface area contributed by atoms with Crippen LogP contribution < -0.4 is 10.5 Å². The van der Waals surface area contributed by atoms with E-state index in [4.69, 9.17) is 21.8 Å². The Kier molecular flexibility index (Phi) is 6.67. The summed E-state index contributed by atoms with van der Waals surface area (Å²) in [6, 6.07) is 14.0. The predicted molar refractivity (Wildman–Crippen MR) is 126 cm³/mol. The number of nitrogens with zero attached hydrogens (tertiary/aromatic N) is 2. The number of rotatable bonds is 7. The number of amides is 1. The van der Waals surface area contributed by atoms with Crippen LogP contribution in [-0.2, 0) is 34.4 Å². The van der Waals surface area contributed by atoms with Gasteiger partial charge in [0.25, 0.3) is 0 Å². The summed E-state index contributed by atoms with van der Waals surface area (Å²) in [6.07, 6.45) is 1.43. The van der Waals surface area contributed by atoms with Crippen LogP contribution in [0.2, 0.25) is 5.02 Å². The number of hydrogen-bond donors (Lipinski definition) is 3. The second kappa shape index (κ2) is 9.51. The molecule has 0 saturated heterocycles. The van der Waals surface area contributed by atoms with Crippen molar-refractivity contribution in [1.29, 1.82) is 0 Å². The van der Waals surface area contributed by atoms with Gasteiger partial charge in [0.15, 0.2) is 0 Å². The summed E-state index contributed by atoms with van der Waals surface area (Å²) >= 11 is 6.10. The molecule has 0 spiro atoms. The van der Waals surface area contributed by atoms with E-state index in [1.807, 2.05) is 0 Å². The Labute approximate surface area is 199 Å². The molecule has 8 nitrogen and oxygen atoms in total. The summed E-state index contributed by atoms with van der Waals surface area (Å²) in [4.78, 5) is 12.3. The van der Waals surface area contributed by atoms with E-state index < -0.39 is 21.7 Å². The summed E-state index contributed by atoms with van der Waals surface area (Å²) in [5.74, 6) is -0.927. The van der Waals surface area contributed by atoms with Crippen LogP contribution in [0.15, 0.2) is 65.7 Å². The number of fused-ring (bicyclic) bond motifs is 1. The Hall–Kier alpha value is -3.31. The number of halogens is 2. The van der Waals surface area contributed by atoms with E-state index in [0.717, 1.165) is 0 Å². The molecule has 0 radical (unpaired) electrons. The van der Waals surface area contributed by atoms with Gasteiger partial charge in [-0.2, -0.15) is 5.10 Å². The van der Waals surface area contributed by atoms with Gasteiger partial charge in [0, 0.05) is 27.9 Å². The molecule has 0 fully saturated rings. The summed E-state index contributed by atoms with van der Waals surface area (Å²) in [5, 5.41) is 22.2. The van der Waals surface area contributed by atoms with Gasteiger partial charge in [-0.15, -0.1) is 0 Å². The first-order valence-corrected chi connectivity index (χ1v) is 12.0. The number of carbonyl (C=O) groups is 1. The Balaban J connectivity index is 1.66. The molecule has 0 atom stereocenters. The molecule has 4 N–H and O–H groups in total. The molecule has 4 aromatic rings. The molecule has 0 aliphatic rings. The van der Waals surface area contributed by atoms with E-state index in [1.165, 1.54) is 35.1 Å². The van der Waals surface area contributed by atoms with Crippen LogP contribution in [-0.4, -0.2) is 29.2 Å². The summed E-state index contributed by atoms with van der Waals surface area (Å²) in [7, 11) is -4.16. The lowest BCUT2D eigenvalue weighted by Crippen LogP contribution is -2.16. The SMILES string of the molecule is NS(=O)(=O)c1cc(NC(=O)Cc2ccccc2Cl)cc2nn(Cc3ccc(CO)cc3F)cc12. The fraction of sp³-hybridized carbons (Fsp3) is 0.130. The number of nitrogens with two attached hydrogens (primary N) is 1. The Bertz CT molecular complexity index is 1500. The van der Waals surface area contributed by atoms with E-state index in [0.29, 0.717) is 21.7 Å². The zero-order valence-corrected chi connectivity index (χ0v) is 19.3. The minimum Gasteiger partial charge on any atom is -0.392 e. The number of hydrogen-bond acceptors (Lipinski definition) is 5. The highest BCUT2D eigenvalue weighted by atomic mass is 35.5. The van der Waals surface area contributed by atoms with E-state index in [-0.39, 0.29) is 41.1 Å². The normalized spacial score (nSPS) is 11.6. The molecule has 1 heterocycles. The van der Waals surface area contributed by atoms with Gasteiger partial charge in [-0.05, 0) is 35.4 Å². The van der Waals surface area contributed by atoms with Gasteiger partial charge in [-0.3, -0.25) is 9.48 Å². The van der Waals surface area contributed by atoms with Crippen LogP contribution in [0, 0.1) is 5.82 Å². The van der Waals surface area contributed by atoms with Crippen molar-refractivity contribution in [3.63, 3.8) is 0 Å². The zero-order chi connectivity index (χ0) is 24.5. The number of nitrogens with one attached hydrogen (secondary N) is 1. The Morgan fingerprint density at radius 1 is 1.15 bits per heavy atom. The van der Waals surface area contributed by atoms with E-state index >= 15 is 0 Å². The first-order valence-electron chi connectivity index (χ1n) is 10.1. The van der Waals surface area contributed by atoms with E-state index in [1.54, 1.807) is 30.3 Å². The van der Waals surface area contributed by atoms with Crippen LogP contribution >= 0.6 is 11.6 Å². The smallest absolute Gasteiger partial charge is 0.238 e. The molecule has 4 rings (SSSR count). The summed E-state index contributed by atoms with van der Waals surface area (Å²) in [5.41, 5.74) is 1.80. The standard InChI is InChI=1S/C23H20ClFN4O4S/c24-19-4-2-1-3-15(19)8-23(31)27-17-9-21-18(22(10-17)34(26,32)33)12-29(28-21)11-16-6-5-14(13-30)7-20(16)25/h1-7,9-10,12,30H,8,11,13H2,(H,27,31)(H2,26,32,33). The Morgan fingerprint density at radius 2 is 1.91 bits per heavy atom. The topological polar surface area (TPSA) is 127 Å². The van der Waals surface area contributed by atoms with Gasteiger partial charge in [-0.1, -0.05) is 41.9 Å². The minimum atomic E-state index is -4.16. The lowest BCUT2D eigenvalue weighted by molar-refractivity contribution is -0.115.